The maximum Gasteiger partial charge on any atom is 0.264 e. The number of sulfonamides is 1. The molecule has 0 saturated carbocycles. The molecule has 0 heterocycles. The predicted octanol–water partition coefficient (Wildman–Crippen LogP) is 6.28. The Morgan fingerprint density at radius 3 is 2.33 bits per heavy atom. The second kappa shape index (κ2) is 14.2. The molecule has 0 bridgehead atoms. The van der Waals surface area contributed by atoms with Gasteiger partial charge in [0, 0.05) is 17.6 Å². The summed E-state index contributed by atoms with van der Waals surface area (Å²) in [5.41, 5.74) is 0.946. The lowest BCUT2D eigenvalue weighted by atomic mass is 10.1. The molecular weight excluding hydrogens is 625 g/mol. The maximum absolute atomic E-state index is 13.9. The Labute approximate surface area is 248 Å². The Kier molecular flexibility index (Phi) is 11.2. The van der Waals surface area contributed by atoms with Crippen molar-refractivity contribution >= 4 is 66.7 Å². The minimum absolute atomic E-state index is 0.00719. The average molecular weight is 655 g/mol. The van der Waals surface area contributed by atoms with Crippen LogP contribution < -0.4 is 9.62 Å². The Hall–Kier alpha value is -2.59. The number of carbonyl (C=O) groups is 2. The number of hydrogen-bond donors (Lipinski definition) is 1. The lowest BCUT2D eigenvalue weighted by Gasteiger charge is -2.32. The van der Waals surface area contributed by atoms with Crippen LogP contribution in [0.15, 0.2) is 82.2 Å². The van der Waals surface area contributed by atoms with E-state index >= 15 is 0 Å². The molecule has 0 spiro atoms. The number of amides is 2. The lowest BCUT2D eigenvalue weighted by molar-refractivity contribution is -0.139. The first-order chi connectivity index (χ1) is 18.5. The van der Waals surface area contributed by atoms with Crippen LogP contribution in [0.3, 0.4) is 0 Å². The van der Waals surface area contributed by atoms with Crippen molar-refractivity contribution in [2.45, 2.75) is 44.2 Å². The van der Waals surface area contributed by atoms with E-state index in [1.807, 2.05) is 31.2 Å². The molecule has 7 nitrogen and oxygen atoms in total. The Morgan fingerprint density at radius 1 is 0.974 bits per heavy atom. The van der Waals surface area contributed by atoms with Gasteiger partial charge >= 0.3 is 0 Å². The first-order valence-electron chi connectivity index (χ1n) is 12.4. The van der Waals surface area contributed by atoms with E-state index in [-0.39, 0.29) is 33.1 Å². The van der Waals surface area contributed by atoms with E-state index < -0.39 is 28.5 Å². The van der Waals surface area contributed by atoms with Gasteiger partial charge in [0.05, 0.1) is 20.6 Å². The number of benzene rings is 3. The summed E-state index contributed by atoms with van der Waals surface area (Å²) < 4.78 is 29.3. The Bertz CT molecular complexity index is 1410. The monoisotopic (exact) mass is 653 g/mol. The first-order valence-corrected chi connectivity index (χ1v) is 15.4. The molecule has 1 atom stereocenters. The van der Waals surface area contributed by atoms with Gasteiger partial charge in [-0.1, -0.05) is 82.8 Å². The van der Waals surface area contributed by atoms with Crippen LogP contribution in [0, 0.1) is 0 Å². The number of nitrogens with zero attached hydrogens (tertiary/aromatic N) is 2. The number of hydrogen-bond acceptors (Lipinski definition) is 4. The van der Waals surface area contributed by atoms with Crippen molar-refractivity contribution < 1.29 is 18.0 Å². The number of unbranched alkanes of at least 4 members (excludes halogenated alkanes) is 1. The molecule has 0 radical (unpaired) electrons. The van der Waals surface area contributed by atoms with E-state index in [4.69, 9.17) is 23.2 Å². The first kappa shape index (κ1) is 30.9. The molecule has 0 fully saturated rings. The van der Waals surface area contributed by atoms with Crippen molar-refractivity contribution in [3.05, 3.63) is 92.9 Å². The third-order valence-electron chi connectivity index (χ3n) is 6.04. The molecule has 208 valence electrons. The molecule has 2 amide bonds. The SMILES string of the molecule is CCCCNC(=O)[C@@H](C)N(Cc1cccc(Br)c1)C(=O)CN(c1ccc(Cl)c(Cl)c1)S(=O)(=O)c1ccccc1. The van der Waals surface area contributed by atoms with Gasteiger partial charge in [0.25, 0.3) is 10.0 Å². The van der Waals surface area contributed by atoms with E-state index in [9.17, 15) is 18.0 Å². The third kappa shape index (κ3) is 8.20. The van der Waals surface area contributed by atoms with Gasteiger partial charge in [0.1, 0.15) is 12.6 Å². The van der Waals surface area contributed by atoms with Crippen molar-refractivity contribution in [2.24, 2.45) is 0 Å². The highest BCUT2D eigenvalue weighted by molar-refractivity contribution is 9.10. The topological polar surface area (TPSA) is 86.8 Å². The number of rotatable bonds is 12. The van der Waals surface area contributed by atoms with Gasteiger partial charge in [0.2, 0.25) is 11.8 Å². The Morgan fingerprint density at radius 2 is 1.69 bits per heavy atom. The average Bonchev–Trinajstić information content (AvgIpc) is 2.92. The molecule has 0 aliphatic rings. The van der Waals surface area contributed by atoms with E-state index in [1.165, 1.54) is 35.2 Å². The van der Waals surface area contributed by atoms with Gasteiger partial charge < -0.3 is 10.2 Å². The van der Waals surface area contributed by atoms with Crippen LogP contribution in [0.5, 0.6) is 0 Å². The molecule has 0 aromatic heterocycles. The zero-order valence-corrected chi connectivity index (χ0v) is 25.5. The fourth-order valence-electron chi connectivity index (χ4n) is 3.84. The molecule has 0 unspecified atom stereocenters. The van der Waals surface area contributed by atoms with Crippen LogP contribution in [0.4, 0.5) is 5.69 Å². The summed E-state index contributed by atoms with van der Waals surface area (Å²) in [6, 6.07) is 18.7. The number of anilines is 1. The summed E-state index contributed by atoms with van der Waals surface area (Å²) in [6.07, 6.45) is 1.71. The maximum atomic E-state index is 13.9. The molecule has 0 saturated heterocycles. The molecule has 3 aromatic rings. The van der Waals surface area contributed by atoms with Crippen molar-refractivity contribution in [3.8, 4) is 0 Å². The van der Waals surface area contributed by atoms with Gasteiger partial charge in [-0.15, -0.1) is 0 Å². The summed E-state index contributed by atoms with van der Waals surface area (Å²) in [5, 5.41) is 3.26. The lowest BCUT2D eigenvalue weighted by Crippen LogP contribution is -2.51. The van der Waals surface area contributed by atoms with Crippen molar-refractivity contribution in [3.63, 3.8) is 0 Å². The molecule has 0 aliphatic carbocycles. The normalized spacial score (nSPS) is 12.0. The fourth-order valence-corrected chi connectivity index (χ4v) is 6.01. The summed E-state index contributed by atoms with van der Waals surface area (Å²) >= 11 is 15.7. The summed E-state index contributed by atoms with van der Waals surface area (Å²) in [5.74, 6) is -0.877. The molecule has 0 aliphatic heterocycles. The highest BCUT2D eigenvalue weighted by Gasteiger charge is 2.32. The van der Waals surface area contributed by atoms with Crippen LogP contribution in [0.2, 0.25) is 10.0 Å². The number of carbonyl (C=O) groups excluding carboxylic acids is 2. The van der Waals surface area contributed by atoms with Crippen LogP contribution >= 0.6 is 39.1 Å². The minimum Gasteiger partial charge on any atom is -0.354 e. The minimum atomic E-state index is -4.18. The van der Waals surface area contributed by atoms with Crippen molar-refractivity contribution in [2.75, 3.05) is 17.4 Å². The second-order valence-corrected chi connectivity index (χ2v) is 12.5. The highest BCUT2D eigenvalue weighted by Crippen LogP contribution is 2.31. The zero-order valence-electron chi connectivity index (χ0n) is 21.6. The molecule has 11 heteroatoms. The molecule has 3 aromatic carbocycles. The van der Waals surface area contributed by atoms with E-state index in [1.54, 1.807) is 25.1 Å². The summed E-state index contributed by atoms with van der Waals surface area (Å²) in [7, 11) is -4.18. The van der Waals surface area contributed by atoms with Gasteiger partial charge in [0.15, 0.2) is 0 Å². The third-order valence-corrected chi connectivity index (χ3v) is 9.06. The smallest absolute Gasteiger partial charge is 0.264 e. The van der Waals surface area contributed by atoms with Crippen LogP contribution in [-0.2, 0) is 26.2 Å². The van der Waals surface area contributed by atoms with Gasteiger partial charge in [-0.25, -0.2) is 8.42 Å². The van der Waals surface area contributed by atoms with E-state index in [0.29, 0.717) is 6.54 Å². The summed E-state index contributed by atoms with van der Waals surface area (Å²) in [6.45, 7) is 3.67. The molecule has 1 N–H and O–H groups in total. The van der Waals surface area contributed by atoms with Crippen LogP contribution in [0.25, 0.3) is 0 Å². The van der Waals surface area contributed by atoms with Crippen LogP contribution in [-0.4, -0.2) is 44.3 Å². The molecule has 3 rings (SSSR count). The standard InChI is InChI=1S/C28H30BrCl2N3O4S/c1-3-4-15-32-28(36)20(2)33(18-21-9-8-10-22(29)16-21)27(35)19-34(23-13-14-25(30)26(31)17-23)39(37,38)24-11-6-5-7-12-24/h5-14,16-17,20H,3-4,15,18-19H2,1-2H3,(H,32,36)/t20-/m1/s1. The molecule has 39 heavy (non-hydrogen) atoms. The van der Waals surface area contributed by atoms with Crippen molar-refractivity contribution in [1.82, 2.24) is 10.2 Å². The largest absolute Gasteiger partial charge is 0.354 e. The van der Waals surface area contributed by atoms with Crippen LogP contribution in [0.1, 0.15) is 32.3 Å². The highest BCUT2D eigenvalue weighted by atomic mass is 79.9. The quantitative estimate of drug-likeness (QED) is 0.233. The number of halogens is 3. The number of nitrogens with one attached hydrogen (secondary N) is 1. The van der Waals surface area contributed by atoms with Gasteiger partial charge in [-0.2, -0.15) is 0 Å². The Balaban J connectivity index is 2.01. The predicted molar refractivity (Wildman–Crippen MR) is 160 cm³/mol. The van der Waals surface area contributed by atoms with E-state index in [2.05, 4.69) is 21.2 Å². The fraction of sp³-hybridized carbons (Fsp3) is 0.286. The zero-order chi connectivity index (χ0) is 28.6. The summed E-state index contributed by atoms with van der Waals surface area (Å²) in [4.78, 5) is 28.3. The van der Waals surface area contributed by atoms with Crippen molar-refractivity contribution in [1.29, 1.82) is 0 Å². The van der Waals surface area contributed by atoms with Gasteiger partial charge in [-0.3, -0.25) is 13.9 Å². The second-order valence-electron chi connectivity index (χ2n) is 8.90. The molecular formula is C28H30BrCl2N3O4S. The van der Waals surface area contributed by atoms with Gasteiger partial charge in [-0.05, 0) is 61.4 Å². The van der Waals surface area contributed by atoms with E-state index in [0.717, 1.165) is 27.2 Å².